The fourth-order valence-corrected chi connectivity index (χ4v) is 5.71. The van der Waals surface area contributed by atoms with Gasteiger partial charge >= 0.3 is 6.03 Å². The Morgan fingerprint density at radius 1 is 0.925 bits per heavy atom. The molecule has 10 heteroatoms. The third kappa shape index (κ3) is 5.74. The summed E-state index contributed by atoms with van der Waals surface area (Å²) in [4.78, 5) is 47.2. The Labute approximate surface area is 244 Å². The molecule has 2 heterocycles. The van der Waals surface area contributed by atoms with Gasteiger partial charge in [0, 0.05) is 38.1 Å². The van der Waals surface area contributed by atoms with Crippen molar-refractivity contribution in [1.82, 2.24) is 14.7 Å². The van der Waals surface area contributed by atoms with Gasteiger partial charge in [0.2, 0.25) is 5.91 Å². The Bertz CT molecular complexity index is 1380. The molecule has 0 aromatic heterocycles. The van der Waals surface area contributed by atoms with E-state index in [1.165, 1.54) is 0 Å². The minimum Gasteiger partial charge on any atom is -0.340 e. The Hall–Kier alpha value is -3.75. The maximum Gasteiger partial charge on any atom is 0.321 e. The van der Waals surface area contributed by atoms with Crippen LogP contribution in [0.2, 0.25) is 10.0 Å². The van der Waals surface area contributed by atoms with Crippen molar-refractivity contribution in [2.24, 2.45) is 0 Å². The molecule has 1 N–H and O–H groups in total. The number of nitrogens with zero attached hydrogens (tertiary/aromatic N) is 4. The lowest BCUT2D eigenvalue weighted by Gasteiger charge is -2.43. The first kappa shape index (κ1) is 27.8. The molecule has 2 aliphatic heterocycles. The quantitative estimate of drug-likeness (QED) is 0.428. The zero-order valence-electron chi connectivity index (χ0n) is 22.2. The van der Waals surface area contributed by atoms with E-state index < -0.39 is 5.54 Å². The second kappa shape index (κ2) is 11.8. The number of hydrogen-bond acceptors (Lipinski definition) is 4. The second-order valence-corrected chi connectivity index (χ2v) is 11.0. The van der Waals surface area contributed by atoms with E-state index in [4.69, 9.17) is 23.2 Å². The molecule has 0 saturated carbocycles. The number of piperidine rings is 1. The van der Waals surface area contributed by atoms with E-state index >= 15 is 0 Å². The number of benzene rings is 3. The number of nitrogens with one attached hydrogen (secondary N) is 1. The van der Waals surface area contributed by atoms with Crippen molar-refractivity contribution in [2.45, 2.75) is 24.9 Å². The number of likely N-dealkylation sites (tertiary alicyclic amines) is 1. The summed E-state index contributed by atoms with van der Waals surface area (Å²) in [6.07, 6.45) is 0.889. The summed E-state index contributed by atoms with van der Waals surface area (Å²) in [6, 6.07) is 24.2. The predicted molar refractivity (Wildman–Crippen MR) is 157 cm³/mol. The van der Waals surface area contributed by atoms with Crippen LogP contribution in [0, 0.1) is 0 Å². The summed E-state index contributed by atoms with van der Waals surface area (Å²) in [5.74, 6) is -0.206. The summed E-state index contributed by atoms with van der Waals surface area (Å²) >= 11 is 12.1. The third-order valence-electron chi connectivity index (χ3n) is 7.65. The minimum atomic E-state index is -0.833. The van der Waals surface area contributed by atoms with Gasteiger partial charge in [-0.15, -0.1) is 0 Å². The maximum atomic E-state index is 14.0. The second-order valence-electron chi connectivity index (χ2n) is 10.2. The van der Waals surface area contributed by atoms with Crippen LogP contribution in [0.3, 0.4) is 0 Å². The van der Waals surface area contributed by atoms with E-state index in [0.29, 0.717) is 54.9 Å². The van der Waals surface area contributed by atoms with Gasteiger partial charge in [-0.1, -0.05) is 71.7 Å². The molecule has 8 nitrogen and oxygen atoms in total. The van der Waals surface area contributed by atoms with Crippen molar-refractivity contribution in [3.63, 3.8) is 0 Å². The highest BCUT2D eigenvalue weighted by atomic mass is 35.5. The van der Waals surface area contributed by atoms with Crippen molar-refractivity contribution in [1.29, 1.82) is 0 Å². The average molecular weight is 581 g/mol. The maximum absolute atomic E-state index is 14.0. The first-order valence-corrected chi connectivity index (χ1v) is 13.9. The molecular formula is C30H31Cl2N5O3. The largest absolute Gasteiger partial charge is 0.340 e. The topological polar surface area (TPSA) is 76.2 Å². The molecule has 0 atom stereocenters. The molecule has 0 unspecified atom stereocenters. The molecule has 3 aromatic rings. The Morgan fingerprint density at radius 2 is 1.57 bits per heavy atom. The number of urea groups is 1. The van der Waals surface area contributed by atoms with Crippen LogP contribution in [0.1, 0.15) is 18.4 Å². The lowest BCUT2D eigenvalue weighted by Crippen LogP contribution is -2.58. The highest BCUT2D eigenvalue weighted by molar-refractivity contribution is 6.42. The SMILES string of the molecule is CN(Cc1ccccc1)C(=O)CN1CN(c2ccccc2)C2(CCN(C(=O)Nc3ccc(Cl)c(Cl)c3)CC2)C1=O. The molecule has 3 aromatic carbocycles. The Morgan fingerprint density at radius 3 is 2.23 bits per heavy atom. The molecule has 2 saturated heterocycles. The van der Waals surface area contributed by atoms with Crippen LogP contribution in [-0.2, 0) is 16.1 Å². The van der Waals surface area contributed by atoms with Gasteiger partial charge in [0.15, 0.2) is 0 Å². The van der Waals surface area contributed by atoms with Crippen molar-refractivity contribution in [3.05, 3.63) is 94.5 Å². The lowest BCUT2D eigenvalue weighted by molar-refractivity contribution is -0.140. The molecule has 0 aliphatic carbocycles. The molecular weight excluding hydrogens is 549 g/mol. The van der Waals surface area contributed by atoms with Gasteiger partial charge in [0.25, 0.3) is 5.91 Å². The van der Waals surface area contributed by atoms with Crippen LogP contribution in [-0.4, -0.2) is 71.4 Å². The third-order valence-corrected chi connectivity index (χ3v) is 8.38. The summed E-state index contributed by atoms with van der Waals surface area (Å²) in [5, 5.41) is 3.63. The van der Waals surface area contributed by atoms with Crippen LogP contribution in [0.5, 0.6) is 0 Å². The van der Waals surface area contributed by atoms with Gasteiger partial charge in [0.05, 0.1) is 16.7 Å². The number of likely N-dealkylation sites (N-methyl/N-ethyl adjacent to an activating group) is 1. The summed E-state index contributed by atoms with van der Waals surface area (Å²) in [7, 11) is 1.76. The molecule has 4 amide bonds. The lowest BCUT2D eigenvalue weighted by atomic mass is 9.85. The van der Waals surface area contributed by atoms with Crippen molar-refractivity contribution in [2.75, 3.05) is 43.6 Å². The van der Waals surface area contributed by atoms with Crippen LogP contribution in [0.25, 0.3) is 0 Å². The molecule has 0 bridgehead atoms. The van der Waals surface area contributed by atoms with Gasteiger partial charge in [-0.25, -0.2) is 4.79 Å². The molecule has 0 radical (unpaired) electrons. The molecule has 1 spiro atoms. The Balaban J connectivity index is 1.29. The molecule has 2 aliphatic rings. The number of carbonyl (C=O) groups excluding carboxylic acids is 3. The predicted octanol–water partition coefficient (Wildman–Crippen LogP) is 5.32. The number of halogens is 2. The van der Waals surface area contributed by atoms with Gasteiger partial charge in [-0.05, 0) is 48.7 Å². The highest BCUT2D eigenvalue weighted by Crippen LogP contribution is 2.39. The monoisotopic (exact) mass is 579 g/mol. The molecule has 5 rings (SSSR count). The average Bonchev–Trinajstić information content (AvgIpc) is 3.22. The fourth-order valence-electron chi connectivity index (χ4n) is 5.41. The Kier molecular flexibility index (Phi) is 8.19. The number of amides is 4. The van der Waals surface area contributed by atoms with E-state index in [2.05, 4.69) is 10.2 Å². The zero-order chi connectivity index (χ0) is 28.3. The first-order valence-electron chi connectivity index (χ1n) is 13.2. The van der Waals surface area contributed by atoms with Gasteiger partial charge < -0.3 is 24.9 Å². The zero-order valence-corrected chi connectivity index (χ0v) is 23.7. The van der Waals surface area contributed by atoms with E-state index in [0.717, 1.165) is 11.3 Å². The van der Waals surface area contributed by atoms with Gasteiger partial charge in [-0.3, -0.25) is 9.59 Å². The molecule has 2 fully saturated rings. The van der Waals surface area contributed by atoms with E-state index in [9.17, 15) is 14.4 Å². The number of anilines is 2. The molecule has 208 valence electrons. The van der Waals surface area contributed by atoms with Crippen LogP contribution >= 0.6 is 23.2 Å². The van der Waals surface area contributed by atoms with E-state index in [1.807, 2.05) is 60.7 Å². The van der Waals surface area contributed by atoms with E-state index in [-0.39, 0.29) is 24.4 Å². The van der Waals surface area contributed by atoms with Gasteiger partial charge in [-0.2, -0.15) is 0 Å². The minimum absolute atomic E-state index is 0.00518. The van der Waals surface area contributed by atoms with E-state index in [1.54, 1.807) is 39.9 Å². The summed E-state index contributed by atoms with van der Waals surface area (Å²) in [6.45, 7) is 1.55. The van der Waals surface area contributed by atoms with Crippen LogP contribution in [0.15, 0.2) is 78.9 Å². The van der Waals surface area contributed by atoms with Crippen molar-refractivity contribution < 1.29 is 14.4 Å². The molecule has 40 heavy (non-hydrogen) atoms. The first-order chi connectivity index (χ1) is 19.3. The van der Waals surface area contributed by atoms with Crippen LogP contribution < -0.4 is 10.2 Å². The van der Waals surface area contributed by atoms with Gasteiger partial charge in [0.1, 0.15) is 12.1 Å². The normalized spacial score (nSPS) is 16.4. The van der Waals surface area contributed by atoms with Crippen molar-refractivity contribution >= 4 is 52.4 Å². The standard InChI is InChI=1S/C30H31Cl2N5O3/c1-34(19-22-8-4-2-5-9-22)27(38)20-36-21-37(24-10-6-3-7-11-24)30(28(36)39)14-16-35(17-15-30)29(40)33-23-12-13-25(31)26(32)18-23/h2-13,18H,14-17,19-21H2,1H3,(H,33,40). The van der Waals surface area contributed by atoms with Crippen molar-refractivity contribution in [3.8, 4) is 0 Å². The number of para-hydroxylation sites is 1. The number of rotatable bonds is 6. The smallest absolute Gasteiger partial charge is 0.321 e. The summed E-state index contributed by atoms with van der Waals surface area (Å²) in [5.41, 5.74) is 1.66. The fraction of sp³-hybridized carbons (Fsp3) is 0.300. The highest BCUT2D eigenvalue weighted by Gasteiger charge is 2.54. The van der Waals surface area contributed by atoms with Crippen LogP contribution in [0.4, 0.5) is 16.2 Å². The number of hydrogen-bond donors (Lipinski definition) is 1. The number of carbonyl (C=O) groups is 3. The summed E-state index contributed by atoms with van der Waals surface area (Å²) < 4.78 is 0.